The summed E-state index contributed by atoms with van der Waals surface area (Å²) in [6.45, 7) is 5.60. The molecule has 1 spiro atoms. The molecule has 0 amide bonds. The van der Waals surface area contributed by atoms with Crippen LogP contribution in [0.4, 0.5) is 0 Å². The van der Waals surface area contributed by atoms with E-state index in [4.69, 9.17) is 14.2 Å². The lowest BCUT2D eigenvalue weighted by atomic mass is 9.73. The minimum Gasteiger partial charge on any atom is -0.507 e. The third kappa shape index (κ3) is 2.60. The summed E-state index contributed by atoms with van der Waals surface area (Å²) >= 11 is 0. The van der Waals surface area contributed by atoms with Crippen LogP contribution in [0.25, 0.3) is 0 Å². The molecule has 1 fully saturated rings. The molecule has 3 aliphatic rings. The predicted octanol–water partition coefficient (Wildman–Crippen LogP) is 3.28. The average molecular weight is 424 g/mol. The van der Waals surface area contributed by atoms with Crippen LogP contribution in [0.1, 0.15) is 70.2 Å². The largest absolute Gasteiger partial charge is 0.507 e. The third-order valence-corrected chi connectivity index (χ3v) is 6.76. The number of phenolic OH excluding ortho intramolecular Hbond substituents is 2. The molecule has 31 heavy (non-hydrogen) atoms. The Hall–Kier alpha value is -2.90. The molecule has 7 heteroatoms. The average Bonchev–Trinajstić information content (AvgIpc) is 2.95. The number of rotatable bonds is 1. The maximum atomic E-state index is 13.3. The van der Waals surface area contributed by atoms with Gasteiger partial charge in [-0.05, 0) is 39.7 Å². The van der Waals surface area contributed by atoms with Crippen LogP contribution in [-0.2, 0) is 22.3 Å². The second-order valence-corrected chi connectivity index (χ2v) is 8.95. The van der Waals surface area contributed by atoms with Crippen molar-refractivity contribution in [1.82, 2.24) is 0 Å². The van der Waals surface area contributed by atoms with Crippen molar-refractivity contribution in [2.45, 2.75) is 57.5 Å². The van der Waals surface area contributed by atoms with Crippen LogP contribution in [-0.4, -0.2) is 46.4 Å². The minimum atomic E-state index is -0.774. The van der Waals surface area contributed by atoms with Gasteiger partial charge >= 0.3 is 0 Å². The van der Waals surface area contributed by atoms with Crippen molar-refractivity contribution < 1.29 is 34.0 Å². The number of aromatic hydroxyl groups is 2. The molecule has 2 N–H and O–H groups in total. The highest BCUT2D eigenvalue weighted by atomic mass is 16.8. The van der Waals surface area contributed by atoms with Crippen LogP contribution in [0, 0.1) is 0 Å². The lowest BCUT2D eigenvalue weighted by molar-refractivity contribution is -0.164. The van der Waals surface area contributed by atoms with Crippen molar-refractivity contribution in [2.24, 2.45) is 0 Å². The standard InChI is InChI=1S/C24H24O7/c1-11-24(31-23(2,3)30-11)9-8-12-14(10-24)21(27)17-18(19(12)25)22(28)16-13(20(17)26)6-5-7-15(16)29-4/h5-7,11,25,27H,8-10H2,1-4H3. The summed E-state index contributed by atoms with van der Waals surface area (Å²) in [7, 11) is 1.42. The maximum Gasteiger partial charge on any atom is 0.202 e. The van der Waals surface area contributed by atoms with Gasteiger partial charge in [0.1, 0.15) is 22.8 Å². The third-order valence-electron chi connectivity index (χ3n) is 6.76. The van der Waals surface area contributed by atoms with Gasteiger partial charge in [0.2, 0.25) is 5.78 Å². The number of hydrogen-bond donors (Lipinski definition) is 2. The first-order chi connectivity index (χ1) is 14.6. The van der Waals surface area contributed by atoms with E-state index in [1.807, 2.05) is 20.8 Å². The molecule has 0 aromatic heterocycles. The molecule has 1 saturated heterocycles. The Bertz CT molecular complexity index is 1160. The smallest absolute Gasteiger partial charge is 0.202 e. The molecular weight excluding hydrogens is 400 g/mol. The second-order valence-electron chi connectivity index (χ2n) is 8.95. The zero-order valence-corrected chi connectivity index (χ0v) is 17.9. The van der Waals surface area contributed by atoms with E-state index < -0.39 is 23.0 Å². The van der Waals surface area contributed by atoms with Crippen molar-refractivity contribution in [1.29, 1.82) is 0 Å². The number of phenols is 2. The summed E-state index contributed by atoms with van der Waals surface area (Å²) in [6.07, 6.45) is 0.965. The van der Waals surface area contributed by atoms with Crippen LogP contribution in [0.5, 0.6) is 17.2 Å². The first-order valence-corrected chi connectivity index (χ1v) is 10.3. The van der Waals surface area contributed by atoms with Gasteiger partial charge in [0.05, 0.1) is 29.9 Å². The fraction of sp³-hybridized carbons (Fsp3) is 0.417. The summed E-state index contributed by atoms with van der Waals surface area (Å²) in [5, 5.41) is 22.3. The van der Waals surface area contributed by atoms with Crippen LogP contribution >= 0.6 is 0 Å². The minimum absolute atomic E-state index is 0.104. The van der Waals surface area contributed by atoms with Gasteiger partial charge in [-0.3, -0.25) is 9.59 Å². The van der Waals surface area contributed by atoms with Gasteiger partial charge in [-0.25, -0.2) is 0 Å². The van der Waals surface area contributed by atoms with E-state index in [0.29, 0.717) is 24.0 Å². The summed E-state index contributed by atoms with van der Waals surface area (Å²) < 4.78 is 17.5. The van der Waals surface area contributed by atoms with Crippen molar-refractivity contribution in [3.63, 3.8) is 0 Å². The van der Waals surface area contributed by atoms with E-state index in [9.17, 15) is 19.8 Å². The zero-order chi connectivity index (χ0) is 22.3. The van der Waals surface area contributed by atoms with Crippen LogP contribution in [0.15, 0.2) is 18.2 Å². The van der Waals surface area contributed by atoms with E-state index in [0.717, 1.165) is 0 Å². The lowest BCUT2D eigenvalue weighted by Crippen LogP contribution is -2.44. The van der Waals surface area contributed by atoms with Crippen LogP contribution < -0.4 is 4.74 Å². The lowest BCUT2D eigenvalue weighted by Gasteiger charge is -2.38. The first-order valence-electron chi connectivity index (χ1n) is 10.3. The van der Waals surface area contributed by atoms with Gasteiger partial charge in [0.25, 0.3) is 0 Å². The first kappa shape index (κ1) is 20.0. The number of ketones is 2. The fourth-order valence-corrected chi connectivity index (χ4v) is 5.40. The summed E-state index contributed by atoms with van der Waals surface area (Å²) in [6, 6.07) is 4.73. The molecule has 0 bridgehead atoms. The molecular formula is C24H24O7. The highest BCUT2D eigenvalue weighted by Gasteiger charge is 2.54. The quantitative estimate of drug-likeness (QED) is 0.578. The van der Waals surface area contributed by atoms with E-state index >= 15 is 0 Å². The number of carbonyl (C=O) groups excluding carboxylic acids is 2. The van der Waals surface area contributed by atoms with Gasteiger partial charge in [-0.15, -0.1) is 0 Å². The van der Waals surface area contributed by atoms with Gasteiger partial charge in [0, 0.05) is 23.1 Å². The maximum absolute atomic E-state index is 13.3. The van der Waals surface area contributed by atoms with Crippen molar-refractivity contribution >= 4 is 11.6 Å². The van der Waals surface area contributed by atoms with E-state index in [1.54, 1.807) is 12.1 Å². The molecule has 2 aromatic carbocycles. The summed E-state index contributed by atoms with van der Waals surface area (Å²) in [4.78, 5) is 26.7. The Morgan fingerprint density at radius 2 is 1.71 bits per heavy atom. The number of fused-ring (bicyclic) bond motifs is 3. The van der Waals surface area contributed by atoms with Crippen molar-refractivity contribution in [3.05, 3.63) is 51.6 Å². The molecule has 2 unspecified atom stereocenters. The van der Waals surface area contributed by atoms with Gasteiger partial charge in [-0.1, -0.05) is 12.1 Å². The highest BCUT2D eigenvalue weighted by molar-refractivity contribution is 6.31. The molecule has 5 rings (SSSR count). The molecule has 1 heterocycles. The van der Waals surface area contributed by atoms with Gasteiger partial charge in [0.15, 0.2) is 11.6 Å². The Kier molecular flexibility index (Phi) is 4.08. The second kappa shape index (κ2) is 6.31. The Balaban J connectivity index is 1.70. The normalized spacial score (nSPS) is 25.9. The zero-order valence-electron chi connectivity index (χ0n) is 17.9. The van der Waals surface area contributed by atoms with E-state index in [-0.39, 0.29) is 52.0 Å². The topological polar surface area (TPSA) is 102 Å². The SMILES string of the molecule is COc1cccc2c1C(=O)c1c(O)c3c(c(O)c1C2=O)CC1(CC3)OC(C)(C)OC1C. The van der Waals surface area contributed by atoms with Crippen molar-refractivity contribution in [2.75, 3.05) is 7.11 Å². The number of ether oxygens (including phenoxy) is 3. The highest BCUT2D eigenvalue weighted by Crippen LogP contribution is 2.51. The molecule has 2 aromatic rings. The fourth-order valence-electron chi connectivity index (χ4n) is 5.40. The molecule has 1 aliphatic heterocycles. The van der Waals surface area contributed by atoms with Crippen LogP contribution in [0.3, 0.4) is 0 Å². The van der Waals surface area contributed by atoms with Crippen molar-refractivity contribution in [3.8, 4) is 17.2 Å². The van der Waals surface area contributed by atoms with Gasteiger partial charge < -0.3 is 24.4 Å². The van der Waals surface area contributed by atoms with E-state index in [2.05, 4.69) is 0 Å². The number of methoxy groups -OCH3 is 1. The summed E-state index contributed by atoms with van der Waals surface area (Å²) in [5.41, 5.74) is 0.151. The molecule has 2 atom stereocenters. The molecule has 0 radical (unpaired) electrons. The number of hydrogen-bond acceptors (Lipinski definition) is 7. The molecule has 2 aliphatic carbocycles. The monoisotopic (exact) mass is 424 g/mol. The molecule has 7 nitrogen and oxygen atoms in total. The van der Waals surface area contributed by atoms with Gasteiger partial charge in [-0.2, -0.15) is 0 Å². The predicted molar refractivity (Wildman–Crippen MR) is 110 cm³/mol. The number of benzene rings is 2. The Morgan fingerprint density at radius 1 is 1.03 bits per heavy atom. The Morgan fingerprint density at radius 3 is 2.35 bits per heavy atom. The summed E-state index contributed by atoms with van der Waals surface area (Å²) in [5.74, 6) is -2.09. The van der Waals surface area contributed by atoms with Crippen LogP contribution in [0.2, 0.25) is 0 Å². The molecule has 162 valence electrons. The Labute approximate surface area is 179 Å². The van der Waals surface area contributed by atoms with E-state index in [1.165, 1.54) is 13.2 Å². The molecule has 0 saturated carbocycles. The number of carbonyl (C=O) groups is 2.